The van der Waals surface area contributed by atoms with Crippen LogP contribution in [0.3, 0.4) is 0 Å². The summed E-state index contributed by atoms with van der Waals surface area (Å²) in [5.41, 5.74) is 9.78. The van der Waals surface area contributed by atoms with E-state index in [-0.39, 0.29) is 0 Å². The normalized spacial score (nSPS) is 10.4. The number of aromatic nitrogens is 2. The fraction of sp³-hybridized carbons (Fsp3) is 0.250. The first-order valence-electron chi connectivity index (χ1n) is 5.13. The van der Waals surface area contributed by atoms with Crippen molar-refractivity contribution in [1.82, 2.24) is 10.2 Å². The summed E-state index contributed by atoms with van der Waals surface area (Å²) in [7, 11) is 1.66. The highest BCUT2D eigenvalue weighted by Gasteiger charge is 2.11. The largest absolute Gasteiger partial charge is 0.496 e. The second kappa shape index (κ2) is 4.37. The van der Waals surface area contributed by atoms with E-state index in [1.54, 1.807) is 13.3 Å². The lowest BCUT2D eigenvalue weighted by Gasteiger charge is -2.09. The number of aryl methyl sites for hydroxylation is 1. The molecule has 2 rings (SSSR count). The first-order valence-corrected chi connectivity index (χ1v) is 5.13. The van der Waals surface area contributed by atoms with Crippen molar-refractivity contribution in [3.8, 4) is 16.9 Å². The number of hydrogen-bond donors (Lipinski definition) is 2. The lowest BCUT2D eigenvalue weighted by Crippen LogP contribution is -1.99. The molecule has 0 aliphatic carbocycles. The number of hydrogen-bond acceptors (Lipinski definition) is 3. The first kappa shape index (κ1) is 10.7. The molecule has 1 aromatic carbocycles. The van der Waals surface area contributed by atoms with E-state index in [1.807, 2.05) is 19.1 Å². The monoisotopic (exact) mass is 217 g/mol. The van der Waals surface area contributed by atoms with Gasteiger partial charge in [-0.2, -0.15) is 5.10 Å². The van der Waals surface area contributed by atoms with Crippen LogP contribution in [-0.2, 0) is 6.54 Å². The predicted octanol–water partition coefficient (Wildman–Crippen LogP) is 1.85. The first-order chi connectivity index (χ1) is 7.76. The minimum absolute atomic E-state index is 0.437. The molecule has 1 aromatic heterocycles. The molecule has 0 amide bonds. The van der Waals surface area contributed by atoms with Crippen molar-refractivity contribution in [2.75, 3.05) is 7.11 Å². The molecule has 0 saturated heterocycles. The summed E-state index contributed by atoms with van der Waals surface area (Å²) < 4.78 is 5.34. The summed E-state index contributed by atoms with van der Waals surface area (Å²) in [6, 6.07) is 6.05. The Labute approximate surface area is 94.4 Å². The van der Waals surface area contributed by atoms with Gasteiger partial charge >= 0.3 is 0 Å². The Balaban J connectivity index is 2.58. The maximum absolute atomic E-state index is 5.65. The topological polar surface area (TPSA) is 63.9 Å². The summed E-state index contributed by atoms with van der Waals surface area (Å²) in [4.78, 5) is 0. The average Bonchev–Trinajstić information content (AvgIpc) is 2.76. The molecule has 0 radical (unpaired) electrons. The zero-order valence-corrected chi connectivity index (χ0v) is 9.45. The Bertz CT molecular complexity index is 491. The lowest BCUT2D eigenvalue weighted by atomic mass is 10.0. The van der Waals surface area contributed by atoms with Crippen LogP contribution in [0.5, 0.6) is 5.75 Å². The van der Waals surface area contributed by atoms with E-state index in [0.29, 0.717) is 6.54 Å². The number of nitrogens with one attached hydrogen (secondary N) is 1. The van der Waals surface area contributed by atoms with Gasteiger partial charge in [-0.05, 0) is 19.1 Å². The summed E-state index contributed by atoms with van der Waals surface area (Å²) in [6.45, 7) is 2.48. The molecular formula is C12H15N3O. The van der Waals surface area contributed by atoms with E-state index in [2.05, 4.69) is 16.3 Å². The number of methoxy groups -OCH3 is 1. The van der Waals surface area contributed by atoms with Gasteiger partial charge in [0.25, 0.3) is 0 Å². The molecule has 0 aliphatic rings. The maximum Gasteiger partial charge on any atom is 0.126 e. The van der Waals surface area contributed by atoms with Gasteiger partial charge in [-0.3, -0.25) is 5.10 Å². The van der Waals surface area contributed by atoms with Gasteiger partial charge in [-0.1, -0.05) is 11.6 Å². The molecule has 0 fully saturated rings. The predicted molar refractivity (Wildman–Crippen MR) is 63.2 cm³/mol. The number of nitrogens with two attached hydrogens (primary N) is 1. The van der Waals surface area contributed by atoms with Crippen LogP contribution in [0, 0.1) is 6.92 Å². The van der Waals surface area contributed by atoms with Gasteiger partial charge in [0.05, 0.1) is 19.0 Å². The molecular weight excluding hydrogens is 202 g/mol. The van der Waals surface area contributed by atoms with Gasteiger partial charge < -0.3 is 10.5 Å². The molecule has 4 heteroatoms. The molecule has 4 nitrogen and oxygen atoms in total. The molecule has 16 heavy (non-hydrogen) atoms. The summed E-state index contributed by atoms with van der Waals surface area (Å²) >= 11 is 0. The Morgan fingerprint density at radius 2 is 2.19 bits per heavy atom. The van der Waals surface area contributed by atoms with Crippen LogP contribution in [0.4, 0.5) is 0 Å². The highest BCUT2D eigenvalue weighted by molar-refractivity contribution is 5.72. The molecule has 1 heterocycles. The van der Waals surface area contributed by atoms with Crippen molar-refractivity contribution in [2.45, 2.75) is 13.5 Å². The average molecular weight is 217 g/mol. The SMILES string of the molecule is COc1ccc(C)cc1-c1cn[nH]c1CN. The van der Waals surface area contributed by atoms with Gasteiger partial charge in [-0.15, -0.1) is 0 Å². The number of nitrogens with zero attached hydrogens (tertiary/aromatic N) is 1. The Kier molecular flexibility index (Phi) is 2.92. The number of H-pyrrole nitrogens is 1. The van der Waals surface area contributed by atoms with Crippen molar-refractivity contribution < 1.29 is 4.74 Å². The highest BCUT2D eigenvalue weighted by atomic mass is 16.5. The van der Waals surface area contributed by atoms with Crippen LogP contribution < -0.4 is 10.5 Å². The van der Waals surface area contributed by atoms with E-state index in [9.17, 15) is 0 Å². The molecule has 0 saturated carbocycles. The number of ether oxygens (including phenoxy) is 1. The summed E-state index contributed by atoms with van der Waals surface area (Å²) in [5.74, 6) is 0.835. The third-order valence-electron chi connectivity index (χ3n) is 2.57. The van der Waals surface area contributed by atoms with E-state index in [4.69, 9.17) is 10.5 Å². The van der Waals surface area contributed by atoms with E-state index >= 15 is 0 Å². The number of benzene rings is 1. The van der Waals surface area contributed by atoms with Crippen LogP contribution in [0.25, 0.3) is 11.1 Å². The molecule has 0 unspecified atom stereocenters. The van der Waals surface area contributed by atoms with Gasteiger partial charge in [0.2, 0.25) is 0 Å². The van der Waals surface area contributed by atoms with Crippen molar-refractivity contribution in [3.63, 3.8) is 0 Å². The van der Waals surface area contributed by atoms with E-state index in [1.165, 1.54) is 5.56 Å². The van der Waals surface area contributed by atoms with Crippen molar-refractivity contribution in [3.05, 3.63) is 35.7 Å². The third kappa shape index (κ3) is 1.79. The lowest BCUT2D eigenvalue weighted by molar-refractivity contribution is 0.416. The molecule has 2 aromatic rings. The molecule has 0 bridgehead atoms. The summed E-state index contributed by atoms with van der Waals surface area (Å²) in [5, 5.41) is 6.91. The van der Waals surface area contributed by atoms with Gasteiger partial charge in [0.15, 0.2) is 0 Å². The molecule has 84 valence electrons. The number of aromatic amines is 1. The molecule has 3 N–H and O–H groups in total. The van der Waals surface area contributed by atoms with Crippen molar-refractivity contribution >= 4 is 0 Å². The Morgan fingerprint density at radius 3 is 2.88 bits per heavy atom. The van der Waals surface area contributed by atoms with Crippen LogP contribution in [0.15, 0.2) is 24.4 Å². The molecule has 0 spiro atoms. The highest BCUT2D eigenvalue weighted by Crippen LogP contribution is 2.32. The van der Waals surface area contributed by atoms with Crippen LogP contribution in [-0.4, -0.2) is 17.3 Å². The van der Waals surface area contributed by atoms with Gasteiger partial charge in [-0.25, -0.2) is 0 Å². The minimum Gasteiger partial charge on any atom is -0.496 e. The fourth-order valence-corrected chi connectivity index (χ4v) is 1.73. The standard InChI is InChI=1S/C12H15N3O/c1-8-3-4-12(16-2)9(5-8)10-7-14-15-11(10)6-13/h3-5,7H,6,13H2,1-2H3,(H,14,15). The van der Waals surface area contributed by atoms with Crippen LogP contribution in [0.2, 0.25) is 0 Å². The van der Waals surface area contributed by atoms with Crippen LogP contribution >= 0.6 is 0 Å². The van der Waals surface area contributed by atoms with E-state index in [0.717, 1.165) is 22.6 Å². The summed E-state index contributed by atoms with van der Waals surface area (Å²) in [6.07, 6.45) is 1.78. The second-order valence-corrected chi connectivity index (χ2v) is 3.67. The fourth-order valence-electron chi connectivity index (χ4n) is 1.73. The third-order valence-corrected chi connectivity index (χ3v) is 2.57. The second-order valence-electron chi connectivity index (χ2n) is 3.67. The smallest absolute Gasteiger partial charge is 0.126 e. The van der Waals surface area contributed by atoms with Crippen molar-refractivity contribution in [1.29, 1.82) is 0 Å². The maximum atomic E-state index is 5.65. The molecule has 0 atom stereocenters. The quantitative estimate of drug-likeness (QED) is 0.824. The molecule has 0 aliphatic heterocycles. The van der Waals surface area contributed by atoms with Gasteiger partial charge in [0.1, 0.15) is 5.75 Å². The Hall–Kier alpha value is -1.81. The zero-order chi connectivity index (χ0) is 11.5. The zero-order valence-electron chi connectivity index (χ0n) is 9.45. The number of rotatable bonds is 3. The van der Waals surface area contributed by atoms with Crippen LogP contribution in [0.1, 0.15) is 11.3 Å². The van der Waals surface area contributed by atoms with Gasteiger partial charge in [0, 0.05) is 17.7 Å². The van der Waals surface area contributed by atoms with Crippen molar-refractivity contribution in [2.24, 2.45) is 5.73 Å². The minimum atomic E-state index is 0.437. The van der Waals surface area contributed by atoms with E-state index < -0.39 is 0 Å². The Morgan fingerprint density at radius 1 is 1.38 bits per heavy atom.